The van der Waals surface area contributed by atoms with Crippen LogP contribution in [0.3, 0.4) is 0 Å². The van der Waals surface area contributed by atoms with E-state index in [0.29, 0.717) is 24.6 Å². The van der Waals surface area contributed by atoms with Crippen molar-refractivity contribution >= 4 is 5.91 Å². The number of methoxy groups -OCH3 is 3. The van der Waals surface area contributed by atoms with Crippen molar-refractivity contribution in [3.05, 3.63) is 53.1 Å². The lowest BCUT2D eigenvalue weighted by Crippen LogP contribution is -2.41. The maximum absolute atomic E-state index is 13.5. The molecule has 32 heavy (non-hydrogen) atoms. The number of carbonyl (C=O) groups is 1. The maximum Gasteiger partial charge on any atom is 0.223 e. The van der Waals surface area contributed by atoms with Gasteiger partial charge in [-0.05, 0) is 65.1 Å². The first-order valence-electron chi connectivity index (χ1n) is 11.3. The van der Waals surface area contributed by atoms with Gasteiger partial charge >= 0.3 is 0 Å². The summed E-state index contributed by atoms with van der Waals surface area (Å²) in [5.74, 6) is 2.72. The van der Waals surface area contributed by atoms with Crippen molar-refractivity contribution in [1.29, 1.82) is 0 Å². The van der Waals surface area contributed by atoms with Gasteiger partial charge in [0.25, 0.3) is 0 Å². The van der Waals surface area contributed by atoms with Crippen molar-refractivity contribution in [2.24, 2.45) is 11.3 Å². The van der Waals surface area contributed by atoms with Crippen LogP contribution in [0.1, 0.15) is 63.3 Å². The number of hydrogen-bond acceptors (Lipinski definition) is 4. The van der Waals surface area contributed by atoms with Crippen LogP contribution in [0.2, 0.25) is 0 Å². The Bertz CT molecular complexity index is 930. The van der Waals surface area contributed by atoms with Gasteiger partial charge in [-0.2, -0.15) is 0 Å². The molecule has 0 saturated carbocycles. The second kappa shape index (κ2) is 9.85. The number of nitrogens with zero attached hydrogens (tertiary/aromatic N) is 1. The lowest BCUT2D eigenvalue weighted by molar-refractivity contribution is -0.134. The Morgan fingerprint density at radius 2 is 1.66 bits per heavy atom. The van der Waals surface area contributed by atoms with E-state index in [9.17, 15) is 4.79 Å². The highest BCUT2D eigenvalue weighted by atomic mass is 16.5. The molecule has 1 amide bonds. The van der Waals surface area contributed by atoms with Crippen LogP contribution in [0, 0.1) is 11.3 Å². The molecule has 3 rings (SSSR count). The van der Waals surface area contributed by atoms with Crippen molar-refractivity contribution in [3.63, 3.8) is 0 Å². The molecule has 0 aromatic heterocycles. The molecule has 0 bridgehead atoms. The summed E-state index contributed by atoms with van der Waals surface area (Å²) in [7, 11) is 4.96. The largest absolute Gasteiger partial charge is 0.497 e. The van der Waals surface area contributed by atoms with Crippen LogP contribution in [-0.2, 0) is 11.2 Å². The molecule has 1 aliphatic rings. The number of ether oxygens (including phenoxy) is 3. The van der Waals surface area contributed by atoms with Crippen molar-refractivity contribution < 1.29 is 19.0 Å². The topological polar surface area (TPSA) is 48.0 Å². The van der Waals surface area contributed by atoms with Crippen LogP contribution in [0.25, 0.3) is 0 Å². The first-order chi connectivity index (χ1) is 15.2. The van der Waals surface area contributed by atoms with E-state index in [-0.39, 0.29) is 17.4 Å². The fraction of sp³-hybridized carbons (Fsp3) is 0.519. The van der Waals surface area contributed by atoms with E-state index in [1.54, 1.807) is 21.3 Å². The minimum absolute atomic E-state index is 0.168. The van der Waals surface area contributed by atoms with Gasteiger partial charge < -0.3 is 19.1 Å². The van der Waals surface area contributed by atoms with Gasteiger partial charge in [0.1, 0.15) is 5.75 Å². The fourth-order valence-electron chi connectivity index (χ4n) is 4.89. The SMILES string of the molecule is COc1ccc([C@@H]2c3cc(OC)c(OC)cc3CCN2C(=O)C[C@H](C)CC(C)(C)C)cc1. The number of amides is 1. The third-order valence-electron chi connectivity index (χ3n) is 6.11. The van der Waals surface area contributed by atoms with Crippen LogP contribution >= 0.6 is 0 Å². The third-order valence-corrected chi connectivity index (χ3v) is 6.11. The number of hydrogen-bond donors (Lipinski definition) is 0. The van der Waals surface area contributed by atoms with Crippen LogP contribution in [0.5, 0.6) is 17.2 Å². The summed E-state index contributed by atoms with van der Waals surface area (Å²) < 4.78 is 16.5. The summed E-state index contributed by atoms with van der Waals surface area (Å²) in [5, 5.41) is 0. The van der Waals surface area contributed by atoms with E-state index < -0.39 is 0 Å². The van der Waals surface area contributed by atoms with Gasteiger partial charge in [-0.1, -0.05) is 39.8 Å². The first-order valence-corrected chi connectivity index (χ1v) is 11.3. The molecule has 2 aromatic carbocycles. The molecule has 0 spiro atoms. The molecule has 0 saturated heterocycles. The highest BCUT2D eigenvalue weighted by molar-refractivity contribution is 5.78. The zero-order valence-electron chi connectivity index (χ0n) is 20.5. The molecule has 0 N–H and O–H groups in total. The summed E-state index contributed by atoms with van der Waals surface area (Å²) in [6.07, 6.45) is 2.36. The zero-order chi connectivity index (χ0) is 23.5. The van der Waals surface area contributed by atoms with Gasteiger partial charge in [-0.3, -0.25) is 4.79 Å². The highest BCUT2D eigenvalue weighted by Crippen LogP contribution is 2.42. The van der Waals surface area contributed by atoms with E-state index >= 15 is 0 Å². The molecule has 5 nitrogen and oxygen atoms in total. The second-order valence-corrected chi connectivity index (χ2v) is 9.99. The Kier molecular flexibility index (Phi) is 7.37. The molecule has 2 aromatic rings. The van der Waals surface area contributed by atoms with Gasteiger partial charge in [-0.15, -0.1) is 0 Å². The van der Waals surface area contributed by atoms with Gasteiger partial charge in [-0.25, -0.2) is 0 Å². The van der Waals surface area contributed by atoms with Gasteiger partial charge in [0.15, 0.2) is 11.5 Å². The minimum atomic E-state index is -0.168. The summed E-state index contributed by atoms with van der Waals surface area (Å²) in [6.45, 7) is 9.54. The fourth-order valence-corrected chi connectivity index (χ4v) is 4.89. The smallest absolute Gasteiger partial charge is 0.223 e. The molecule has 0 fully saturated rings. The molecule has 2 atom stereocenters. The van der Waals surface area contributed by atoms with Gasteiger partial charge in [0.2, 0.25) is 5.91 Å². The third kappa shape index (κ3) is 5.37. The average molecular weight is 440 g/mol. The predicted octanol–water partition coefficient (Wildman–Crippen LogP) is 5.65. The predicted molar refractivity (Wildman–Crippen MR) is 128 cm³/mol. The quantitative estimate of drug-likeness (QED) is 0.559. The van der Waals surface area contributed by atoms with Crippen LogP contribution in [0.15, 0.2) is 36.4 Å². The average Bonchev–Trinajstić information content (AvgIpc) is 2.75. The Balaban J connectivity index is 2.00. The normalized spacial score (nSPS) is 16.8. The van der Waals surface area contributed by atoms with Crippen molar-refractivity contribution in [1.82, 2.24) is 4.90 Å². The standard InChI is InChI=1S/C27H37NO4/c1-18(17-27(2,3)4)14-25(29)28-13-12-20-15-23(31-6)24(32-7)16-22(20)26(28)19-8-10-21(30-5)11-9-19/h8-11,15-16,18,26H,12-14,17H2,1-7H3/t18-,26+/m0/s1. The summed E-state index contributed by atoms with van der Waals surface area (Å²) in [5.41, 5.74) is 3.55. The summed E-state index contributed by atoms with van der Waals surface area (Å²) in [6, 6.07) is 11.9. The van der Waals surface area contributed by atoms with Crippen LogP contribution < -0.4 is 14.2 Å². The van der Waals surface area contributed by atoms with E-state index in [4.69, 9.17) is 14.2 Å². The van der Waals surface area contributed by atoms with E-state index in [1.165, 1.54) is 5.56 Å². The van der Waals surface area contributed by atoms with Gasteiger partial charge in [0, 0.05) is 13.0 Å². The monoisotopic (exact) mass is 439 g/mol. The Morgan fingerprint density at radius 1 is 1.03 bits per heavy atom. The van der Waals surface area contributed by atoms with E-state index in [0.717, 1.165) is 35.5 Å². The number of rotatable bonds is 7. The first kappa shape index (κ1) is 24.0. The molecule has 0 radical (unpaired) electrons. The van der Waals surface area contributed by atoms with E-state index in [1.807, 2.05) is 35.2 Å². The van der Waals surface area contributed by atoms with Crippen LogP contribution in [0.4, 0.5) is 0 Å². The Hall–Kier alpha value is -2.69. The molecule has 0 unspecified atom stereocenters. The minimum Gasteiger partial charge on any atom is -0.497 e. The van der Waals surface area contributed by atoms with Crippen molar-refractivity contribution in [2.75, 3.05) is 27.9 Å². The lowest BCUT2D eigenvalue weighted by Gasteiger charge is -2.39. The molecule has 5 heteroatoms. The highest BCUT2D eigenvalue weighted by Gasteiger charge is 2.34. The van der Waals surface area contributed by atoms with Crippen LogP contribution in [-0.4, -0.2) is 38.7 Å². The lowest BCUT2D eigenvalue weighted by atomic mass is 9.83. The Labute approximate surface area is 192 Å². The Morgan fingerprint density at radius 3 is 2.22 bits per heavy atom. The van der Waals surface area contributed by atoms with Gasteiger partial charge in [0.05, 0.1) is 27.4 Å². The number of carbonyl (C=O) groups excluding carboxylic acids is 1. The van der Waals surface area contributed by atoms with E-state index in [2.05, 4.69) is 33.8 Å². The maximum atomic E-state index is 13.5. The summed E-state index contributed by atoms with van der Waals surface area (Å²) >= 11 is 0. The molecule has 0 aliphatic carbocycles. The van der Waals surface area contributed by atoms with Crippen molar-refractivity contribution in [3.8, 4) is 17.2 Å². The molecule has 174 valence electrons. The zero-order valence-corrected chi connectivity index (χ0v) is 20.5. The second-order valence-electron chi connectivity index (χ2n) is 9.99. The number of fused-ring (bicyclic) bond motifs is 1. The molecule has 1 heterocycles. The molecule has 1 aliphatic heterocycles. The molecular formula is C27H37NO4. The molecular weight excluding hydrogens is 402 g/mol. The number of benzene rings is 2. The van der Waals surface area contributed by atoms with Crippen molar-refractivity contribution in [2.45, 2.75) is 53.0 Å². The summed E-state index contributed by atoms with van der Waals surface area (Å²) in [4.78, 5) is 15.6.